The highest BCUT2D eigenvalue weighted by Crippen LogP contribution is 2.16. The number of halogens is 1. The molecule has 0 saturated carbocycles. The number of aryl methyl sites for hydroxylation is 1. The van der Waals surface area contributed by atoms with Gasteiger partial charge in [-0.3, -0.25) is 0 Å². The summed E-state index contributed by atoms with van der Waals surface area (Å²) < 4.78 is 5.18. The molecule has 1 aromatic heterocycles. The van der Waals surface area contributed by atoms with E-state index in [2.05, 4.69) is 9.97 Å². The molecule has 2 rings (SSSR count). The Bertz CT molecular complexity index is 508. The second kappa shape index (κ2) is 5.15. The summed E-state index contributed by atoms with van der Waals surface area (Å²) in [4.78, 5) is 8.39. The van der Waals surface area contributed by atoms with E-state index in [4.69, 9.17) is 16.3 Å². The van der Waals surface area contributed by atoms with Crippen LogP contribution in [0.15, 0.2) is 30.3 Å². The van der Waals surface area contributed by atoms with Crippen molar-refractivity contribution in [1.82, 2.24) is 9.97 Å². The first-order chi connectivity index (χ1) is 8.17. The Morgan fingerprint density at radius 1 is 1.24 bits per heavy atom. The molecule has 0 atom stereocenters. The van der Waals surface area contributed by atoms with Gasteiger partial charge in [0.1, 0.15) is 16.7 Å². The van der Waals surface area contributed by atoms with Crippen LogP contribution >= 0.6 is 11.6 Å². The molecule has 0 amide bonds. The van der Waals surface area contributed by atoms with Gasteiger partial charge < -0.3 is 4.74 Å². The summed E-state index contributed by atoms with van der Waals surface area (Å²) >= 11 is 5.90. The molecule has 88 valence electrons. The second-order valence-electron chi connectivity index (χ2n) is 3.76. The van der Waals surface area contributed by atoms with Crippen molar-refractivity contribution in [1.29, 1.82) is 0 Å². The summed E-state index contributed by atoms with van der Waals surface area (Å²) in [5, 5.41) is 0.482. The zero-order valence-electron chi connectivity index (χ0n) is 9.77. The molecular formula is C13H13ClN2O. The molecule has 0 saturated heterocycles. The van der Waals surface area contributed by atoms with E-state index >= 15 is 0 Å². The van der Waals surface area contributed by atoms with Crippen LogP contribution in [0.25, 0.3) is 0 Å². The van der Waals surface area contributed by atoms with Gasteiger partial charge in [0, 0.05) is 12.1 Å². The highest BCUT2D eigenvalue weighted by molar-refractivity contribution is 6.29. The molecule has 0 N–H and O–H groups in total. The molecule has 0 bridgehead atoms. The molecule has 3 nitrogen and oxygen atoms in total. The van der Waals surface area contributed by atoms with Crippen molar-refractivity contribution in [2.45, 2.75) is 13.3 Å². The summed E-state index contributed by atoms with van der Waals surface area (Å²) in [6.45, 7) is 1.83. The van der Waals surface area contributed by atoms with E-state index in [0.29, 0.717) is 11.0 Å². The molecule has 0 unspecified atom stereocenters. The lowest BCUT2D eigenvalue weighted by molar-refractivity contribution is 0.414. The van der Waals surface area contributed by atoms with Gasteiger partial charge in [-0.25, -0.2) is 9.97 Å². The number of nitrogens with zero attached hydrogens (tertiary/aromatic N) is 2. The SMILES string of the molecule is COc1cccc(Cc2cc(Cl)nc(C)n2)c1. The average Bonchev–Trinajstić information content (AvgIpc) is 2.28. The molecular weight excluding hydrogens is 236 g/mol. The molecule has 17 heavy (non-hydrogen) atoms. The summed E-state index contributed by atoms with van der Waals surface area (Å²) in [6.07, 6.45) is 0.723. The van der Waals surface area contributed by atoms with Crippen LogP contribution in [0.2, 0.25) is 5.15 Å². The van der Waals surface area contributed by atoms with Crippen LogP contribution in [-0.4, -0.2) is 17.1 Å². The molecule has 0 aliphatic heterocycles. The molecule has 0 spiro atoms. The third kappa shape index (κ3) is 3.17. The molecule has 4 heteroatoms. The molecule has 1 aromatic carbocycles. The van der Waals surface area contributed by atoms with Crippen molar-refractivity contribution >= 4 is 11.6 Å². The van der Waals surface area contributed by atoms with Crippen LogP contribution in [0.3, 0.4) is 0 Å². The van der Waals surface area contributed by atoms with Crippen molar-refractivity contribution < 1.29 is 4.74 Å². The summed E-state index contributed by atoms with van der Waals surface area (Å²) in [7, 11) is 1.66. The number of rotatable bonds is 3. The van der Waals surface area contributed by atoms with Crippen LogP contribution in [0.4, 0.5) is 0 Å². The first-order valence-corrected chi connectivity index (χ1v) is 5.68. The Morgan fingerprint density at radius 2 is 2.06 bits per heavy atom. The van der Waals surface area contributed by atoms with Crippen LogP contribution in [0.5, 0.6) is 5.75 Å². The van der Waals surface area contributed by atoms with Crippen LogP contribution in [0.1, 0.15) is 17.1 Å². The smallest absolute Gasteiger partial charge is 0.133 e. The zero-order chi connectivity index (χ0) is 12.3. The lowest BCUT2D eigenvalue weighted by Crippen LogP contribution is -1.97. The van der Waals surface area contributed by atoms with Gasteiger partial charge in [-0.05, 0) is 30.7 Å². The normalized spacial score (nSPS) is 10.3. The fourth-order valence-electron chi connectivity index (χ4n) is 1.67. The van der Waals surface area contributed by atoms with Gasteiger partial charge in [0.15, 0.2) is 0 Å². The van der Waals surface area contributed by atoms with Crippen molar-refractivity contribution in [2.24, 2.45) is 0 Å². The van der Waals surface area contributed by atoms with E-state index in [1.165, 1.54) is 0 Å². The third-order valence-electron chi connectivity index (χ3n) is 2.38. The number of methoxy groups -OCH3 is 1. The maximum atomic E-state index is 5.90. The van der Waals surface area contributed by atoms with Gasteiger partial charge in [-0.1, -0.05) is 23.7 Å². The van der Waals surface area contributed by atoms with Gasteiger partial charge in [-0.2, -0.15) is 0 Å². The lowest BCUT2D eigenvalue weighted by Gasteiger charge is -2.05. The first-order valence-electron chi connectivity index (χ1n) is 5.30. The Hall–Kier alpha value is -1.61. The third-order valence-corrected chi connectivity index (χ3v) is 2.57. The van der Waals surface area contributed by atoms with Gasteiger partial charge in [0.2, 0.25) is 0 Å². The lowest BCUT2D eigenvalue weighted by atomic mass is 10.1. The fraction of sp³-hybridized carbons (Fsp3) is 0.231. The van der Waals surface area contributed by atoms with Gasteiger partial charge in [0.25, 0.3) is 0 Å². The van der Waals surface area contributed by atoms with Crippen molar-refractivity contribution in [3.63, 3.8) is 0 Å². The topological polar surface area (TPSA) is 35.0 Å². The van der Waals surface area contributed by atoms with Gasteiger partial charge >= 0.3 is 0 Å². The zero-order valence-corrected chi connectivity index (χ0v) is 10.5. The second-order valence-corrected chi connectivity index (χ2v) is 4.14. The number of hydrogen-bond donors (Lipinski definition) is 0. The van der Waals surface area contributed by atoms with E-state index in [-0.39, 0.29) is 0 Å². The van der Waals surface area contributed by atoms with Crippen LogP contribution in [-0.2, 0) is 6.42 Å². The highest BCUT2D eigenvalue weighted by atomic mass is 35.5. The molecule has 1 heterocycles. The van der Waals surface area contributed by atoms with E-state index in [1.54, 1.807) is 13.2 Å². The van der Waals surface area contributed by atoms with Gasteiger partial charge in [-0.15, -0.1) is 0 Å². The first kappa shape index (κ1) is 11.9. The van der Waals surface area contributed by atoms with Crippen molar-refractivity contribution in [2.75, 3.05) is 7.11 Å². The summed E-state index contributed by atoms with van der Waals surface area (Å²) in [5.74, 6) is 1.54. The highest BCUT2D eigenvalue weighted by Gasteiger charge is 2.02. The number of hydrogen-bond acceptors (Lipinski definition) is 3. The number of benzene rings is 1. The minimum absolute atomic E-state index is 0.482. The monoisotopic (exact) mass is 248 g/mol. The minimum Gasteiger partial charge on any atom is -0.497 e. The number of aromatic nitrogens is 2. The maximum absolute atomic E-state index is 5.90. The molecule has 0 fully saturated rings. The standard InChI is InChI=1S/C13H13ClN2O/c1-9-15-11(8-13(14)16-9)6-10-4-3-5-12(7-10)17-2/h3-5,7-8H,6H2,1-2H3. The predicted molar refractivity (Wildman–Crippen MR) is 67.6 cm³/mol. The van der Waals surface area contributed by atoms with E-state index in [1.807, 2.05) is 31.2 Å². The van der Waals surface area contributed by atoms with E-state index in [0.717, 1.165) is 23.4 Å². The Morgan fingerprint density at radius 3 is 2.76 bits per heavy atom. The quantitative estimate of drug-likeness (QED) is 0.783. The number of ether oxygens (including phenoxy) is 1. The summed E-state index contributed by atoms with van der Waals surface area (Å²) in [5.41, 5.74) is 2.05. The summed E-state index contributed by atoms with van der Waals surface area (Å²) in [6, 6.07) is 9.69. The molecule has 0 aliphatic carbocycles. The van der Waals surface area contributed by atoms with Crippen LogP contribution < -0.4 is 4.74 Å². The van der Waals surface area contributed by atoms with E-state index in [9.17, 15) is 0 Å². The molecule has 0 aliphatic rings. The predicted octanol–water partition coefficient (Wildman–Crippen LogP) is 3.04. The molecule has 2 aromatic rings. The Balaban J connectivity index is 2.24. The maximum Gasteiger partial charge on any atom is 0.133 e. The fourth-order valence-corrected chi connectivity index (χ4v) is 1.92. The molecule has 0 radical (unpaired) electrons. The van der Waals surface area contributed by atoms with Gasteiger partial charge in [0.05, 0.1) is 7.11 Å². The largest absolute Gasteiger partial charge is 0.497 e. The minimum atomic E-state index is 0.482. The van der Waals surface area contributed by atoms with E-state index < -0.39 is 0 Å². The van der Waals surface area contributed by atoms with Crippen LogP contribution in [0, 0.1) is 6.92 Å². The van der Waals surface area contributed by atoms with Crippen molar-refractivity contribution in [3.8, 4) is 5.75 Å². The Labute approximate surface area is 105 Å². The van der Waals surface area contributed by atoms with Crippen molar-refractivity contribution in [3.05, 3.63) is 52.6 Å². The Kier molecular flexibility index (Phi) is 3.59. The average molecular weight is 249 g/mol.